The van der Waals surface area contributed by atoms with Crippen LogP contribution in [0.1, 0.15) is 50.7 Å². The average Bonchev–Trinajstić information content (AvgIpc) is 2.85. The van der Waals surface area contributed by atoms with Gasteiger partial charge in [-0.2, -0.15) is 0 Å². The van der Waals surface area contributed by atoms with E-state index in [0.29, 0.717) is 8.67 Å². The summed E-state index contributed by atoms with van der Waals surface area (Å²) in [6.07, 6.45) is 5.14. The summed E-state index contributed by atoms with van der Waals surface area (Å²) >= 11 is 13.4. The number of aliphatic hydroxyl groups excluding tert-OH is 1. The van der Waals surface area contributed by atoms with Crippen LogP contribution >= 0.6 is 34.5 Å². The van der Waals surface area contributed by atoms with Crippen LogP contribution in [-0.2, 0) is 0 Å². The van der Waals surface area contributed by atoms with Gasteiger partial charge in [-0.15, -0.1) is 11.3 Å². The molecule has 0 saturated heterocycles. The lowest BCUT2D eigenvalue weighted by Gasteiger charge is -2.33. The zero-order valence-corrected chi connectivity index (χ0v) is 11.6. The van der Waals surface area contributed by atoms with Crippen molar-refractivity contribution in [1.82, 2.24) is 0 Å². The van der Waals surface area contributed by atoms with E-state index in [1.54, 1.807) is 0 Å². The Bertz CT molecular complexity index is 369. The standard InChI is InChI=1S/C12H16Cl2OS/c1-2-12(5-3-4-6-12)10(15)8-7-9(13)16-11(8)14/h7,10,15H,2-6H2,1H3. The van der Waals surface area contributed by atoms with Gasteiger partial charge in [-0.25, -0.2) is 0 Å². The van der Waals surface area contributed by atoms with E-state index in [4.69, 9.17) is 23.2 Å². The van der Waals surface area contributed by atoms with Crippen LogP contribution in [-0.4, -0.2) is 5.11 Å². The first kappa shape index (κ1) is 12.7. The Labute approximate surface area is 110 Å². The molecule has 2 rings (SSSR count). The van der Waals surface area contributed by atoms with Crippen molar-refractivity contribution in [3.63, 3.8) is 0 Å². The molecule has 90 valence electrons. The second-order valence-electron chi connectivity index (χ2n) is 4.61. The fourth-order valence-electron chi connectivity index (χ4n) is 2.77. The number of aliphatic hydroxyl groups is 1. The first-order valence-electron chi connectivity index (χ1n) is 5.72. The molecular formula is C12H16Cl2OS. The molecule has 1 saturated carbocycles. The van der Waals surface area contributed by atoms with Crippen LogP contribution in [0.4, 0.5) is 0 Å². The fourth-order valence-corrected chi connectivity index (χ4v) is 4.29. The van der Waals surface area contributed by atoms with Gasteiger partial charge in [0.05, 0.1) is 10.4 Å². The molecule has 1 N–H and O–H groups in total. The lowest BCUT2D eigenvalue weighted by molar-refractivity contribution is 0.0241. The van der Waals surface area contributed by atoms with E-state index in [0.717, 1.165) is 24.8 Å². The highest BCUT2D eigenvalue weighted by atomic mass is 35.5. The topological polar surface area (TPSA) is 20.2 Å². The van der Waals surface area contributed by atoms with Crippen molar-refractivity contribution >= 4 is 34.5 Å². The maximum absolute atomic E-state index is 10.5. The zero-order valence-electron chi connectivity index (χ0n) is 9.30. The minimum atomic E-state index is -0.462. The van der Waals surface area contributed by atoms with Crippen LogP contribution in [0.25, 0.3) is 0 Å². The Hall–Kier alpha value is 0.240. The van der Waals surface area contributed by atoms with Crippen molar-refractivity contribution in [2.24, 2.45) is 5.41 Å². The van der Waals surface area contributed by atoms with E-state index in [2.05, 4.69) is 6.92 Å². The van der Waals surface area contributed by atoms with Crippen molar-refractivity contribution in [3.05, 3.63) is 20.3 Å². The molecule has 0 spiro atoms. The summed E-state index contributed by atoms with van der Waals surface area (Å²) in [4.78, 5) is 0. The van der Waals surface area contributed by atoms with Gasteiger partial charge in [-0.3, -0.25) is 0 Å². The third kappa shape index (κ3) is 2.13. The minimum Gasteiger partial charge on any atom is -0.388 e. The lowest BCUT2D eigenvalue weighted by atomic mass is 9.76. The van der Waals surface area contributed by atoms with Gasteiger partial charge in [-0.05, 0) is 25.3 Å². The van der Waals surface area contributed by atoms with Gasteiger partial charge >= 0.3 is 0 Å². The predicted molar refractivity (Wildman–Crippen MR) is 70.5 cm³/mol. The maximum Gasteiger partial charge on any atom is 0.100 e. The normalized spacial score (nSPS) is 21.2. The predicted octanol–water partition coefficient (Wildman–Crippen LogP) is 5.06. The molecule has 1 aliphatic carbocycles. The van der Waals surface area contributed by atoms with Crippen LogP contribution in [0.2, 0.25) is 8.67 Å². The summed E-state index contributed by atoms with van der Waals surface area (Å²) in [5, 5.41) is 10.5. The molecule has 0 bridgehead atoms. The van der Waals surface area contributed by atoms with Crippen molar-refractivity contribution in [2.75, 3.05) is 0 Å². The number of rotatable bonds is 3. The van der Waals surface area contributed by atoms with Gasteiger partial charge in [-0.1, -0.05) is 43.0 Å². The summed E-state index contributed by atoms with van der Waals surface area (Å²) in [6.45, 7) is 2.15. The summed E-state index contributed by atoms with van der Waals surface area (Å²) in [7, 11) is 0. The number of hydrogen-bond acceptors (Lipinski definition) is 2. The Kier molecular flexibility index (Phi) is 3.85. The summed E-state index contributed by atoms with van der Waals surface area (Å²) in [5.41, 5.74) is 0.842. The molecule has 1 unspecified atom stereocenters. The zero-order chi connectivity index (χ0) is 11.8. The third-order valence-corrected chi connectivity index (χ3v) is 5.38. The Morgan fingerprint density at radius 3 is 2.50 bits per heavy atom. The molecule has 1 heterocycles. The Morgan fingerprint density at radius 1 is 1.44 bits per heavy atom. The molecule has 1 atom stereocenters. The molecule has 0 aliphatic heterocycles. The van der Waals surface area contributed by atoms with E-state index < -0.39 is 6.10 Å². The van der Waals surface area contributed by atoms with E-state index in [1.165, 1.54) is 24.2 Å². The monoisotopic (exact) mass is 278 g/mol. The molecule has 1 aliphatic rings. The highest BCUT2D eigenvalue weighted by Crippen LogP contribution is 2.52. The highest BCUT2D eigenvalue weighted by molar-refractivity contribution is 7.20. The van der Waals surface area contributed by atoms with Crippen LogP contribution < -0.4 is 0 Å². The molecule has 0 amide bonds. The van der Waals surface area contributed by atoms with Crippen LogP contribution in [0, 0.1) is 5.41 Å². The molecule has 0 radical (unpaired) electrons. The largest absolute Gasteiger partial charge is 0.388 e. The van der Waals surface area contributed by atoms with Gasteiger partial charge in [0.25, 0.3) is 0 Å². The van der Waals surface area contributed by atoms with Crippen molar-refractivity contribution in [2.45, 2.75) is 45.1 Å². The van der Waals surface area contributed by atoms with Crippen LogP contribution in [0.15, 0.2) is 6.07 Å². The maximum atomic E-state index is 10.5. The molecule has 4 heteroatoms. The number of hydrogen-bond donors (Lipinski definition) is 1. The molecule has 1 aromatic rings. The van der Waals surface area contributed by atoms with Crippen LogP contribution in [0.3, 0.4) is 0 Å². The molecule has 16 heavy (non-hydrogen) atoms. The number of halogens is 2. The lowest BCUT2D eigenvalue weighted by Crippen LogP contribution is -2.24. The first-order valence-corrected chi connectivity index (χ1v) is 7.29. The van der Waals surface area contributed by atoms with Gasteiger partial charge in [0.2, 0.25) is 0 Å². The average molecular weight is 279 g/mol. The molecule has 0 aromatic carbocycles. The Morgan fingerprint density at radius 2 is 2.06 bits per heavy atom. The number of thiophene rings is 1. The van der Waals surface area contributed by atoms with E-state index in [9.17, 15) is 5.11 Å². The van der Waals surface area contributed by atoms with Crippen molar-refractivity contribution in [3.8, 4) is 0 Å². The second-order valence-corrected chi connectivity index (χ2v) is 6.89. The third-order valence-electron chi connectivity index (χ3n) is 3.86. The highest BCUT2D eigenvalue weighted by Gasteiger charge is 2.40. The Balaban J connectivity index is 2.29. The molecule has 1 fully saturated rings. The SMILES string of the molecule is CCC1(C(O)c2cc(Cl)sc2Cl)CCCC1. The van der Waals surface area contributed by atoms with E-state index in [-0.39, 0.29) is 5.41 Å². The van der Waals surface area contributed by atoms with Gasteiger partial charge < -0.3 is 5.11 Å². The fraction of sp³-hybridized carbons (Fsp3) is 0.667. The van der Waals surface area contributed by atoms with Gasteiger partial charge in [0.15, 0.2) is 0 Å². The van der Waals surface area contributed by atoms with Crippen molar-refractivity contribution < 1.29 is 5.11 Å². The summed E-state index contributed by atoms with van der Waals surface area (Å²) in [6, 6.07) is 1.81. The molecular weight excluding hydrogens is 263 g/mol. The molecule has 1 aromatic heterocycles. The van der Waals surface area contributed by atoms with Crippen molar-refractivity contribution in [1.29, 1.82) is 0 Å². The smallest absolute Gasteiger partial charge is 0.100 e. The van der Waals surface area contributed by atoms with E-state index in [1.807, 2.05) is 6.07 Å². The summed E-state index contributed by atoms with van der Waals surface area (Å²) < 4.78 is 1.29. The summed E-state index contributed by atoms with van der Waals surface area (Å²) in [5.74, 6) is 0. The minimum absolute atomic E-state index is 0.0219. The van der Waals surface area contributed by atoms with Crippen LogP contribution in [0.5, 0.6) is 0 Å². The van der Waals surface area contributed by atoms with Gasteiger partial charge in [0, 0.05) is 11.0 Å². The van der Waals surface area contributed by atoms with Gasteiger partial charge in [0.1, 0.15) is 4.34 Å². The molecule has 1 nitrogen and oxygen atoms in total. The first-order chi connectivity index (χ1) is 7.59. The second kappa shape index (κ2) is 4.85. The quantitative estimate of drug-likeness (QED) is 0.820. The van der Waals surface area contributed by atoms with E-state index >= 15 is 0 Å².